The first-order valence-electron chi connectivity index (χ1n) is 8.39. The zero-order chi connectivity index (χ0) is 17.6. The number of benzene rings is 1. The molecule has 7 heteroatoms. The normalized spacial score (nSPS) is 16.8. The number of hydrogen-bond acceptors (Lipinski definition) is 4. The predicted molar refractivity (Wildman–Crippen MR) is 93.8 cm³/mol. The summed E-state index contributed by atoms with van der Waals surface area (Å²) in [5.74, 6) is 0.634. The quantitative estimate of drug-likeness (QED) is 0.760. The van der Waals surface area contributed by atoms with Crippen molar-refractivity contribution in [3.63, 3.8) is 0 Å². The number of hydrogen-bond donors (Lipinski definition) is 1. The van der Waals surface area contributed by atoms with Crippen LogP contribution in [0.15, 0.2) is 24.3 Å². The molecule has 2 rings (SSSR count). The fourth-order valence-corrected chi connectivity index (χ4v) is 3.51. The molecule has 6 nitrogen and oxygen atoms in total. The number of sulfonamides is 1. The molecule has 0 atom stereocenters. The number of carbonyl (C=O) groups is 1. The minimum Gasteiger partial charge on any atom is -0.494 e. The minimum atomic E-state index is -3.14. The summed E-state index contributed by atoms with van der Waals surface area (Å²) in [7, 11) is -3.14. The van der Waals surface area contributed by atoms with E-state index in [4.69, 9.17) is 4.74 Å². The minimum absolute atomic E-state index is 0.0102. The highest BCUT2D eigenvalue weighted by Gasteiger charge is 2.25. The Morgan fingerprint density at radius 3 is 2.42 bits per heavy atom. The van der Waals surface area contributed by atoms with Gasteiger partial charge in [-0.15, -0.1) is 0 Å². The summed E-state index contributed by atoms with van der Waals surface area (Å²) in [6, 6.07) is 7.12. The lowest BCUT2D eigenvalue weighted by molar-refractivity contribution is 0.0924. The van der Waals surface area contributed by atoms with Crippen molar-refractivity contribution < 1.29 is 17.9 Å². The third-order valence-electron chi connectivity index (χ3n) is 4.14. The number of ether oxygens (including phenoxy) is 1. The van der Waals surface area contributed by atoms with E-state index >= 15 is 0 Å². The van der Waals surface area contributed by atoms with Crippen molar-refractivity contribution in [3.8, 4) is 5.75 Å². The van der Waals surface area contributed by atoms with Gasteiger partial charge < -0.3 is 10.1 Å². The molecule has 1 saturated heterocycles. The molecule has 0 aromatic heterocycles. The lowest BCUT2D eigenvalue weighted by Gasteiger charge is -2.30. The maximum absolute atomic E-state index is 12.3. The average Bonchev–Trinajstić information content (AvgIpc) is 2.55. The lowest BCUT2D eigenvalue weighted by Crippen LogP contribution is -2.46. The SMILES string of the molecule is CCCCOc1ccc(C(=O)NC2CCN(S(C)(=O)=O)CC2)cc1. The molecule has 1 aliphatic rings. The van der Waals surface area contributed by atoms with Gasteiger partial charge in [0.2, 0.25) is 10.0 Å². The highest BCUT2D eigenvalue weighted by atomic mass is 32.2. The van der Waals surface area contributed by atoms with Crippen LogP contribution in [0.4, 0.5) is 0 Å². The van der Waals surface area contributed by atoms with Crippen LogP contribution in [0.5, 0.6) is 5.75 Å². The van der Waals surface area contributed by atoms with Crippen molar-refractivity contribution >= 4 is 15.9 Å². The van der Waals surface area contributed by atoms with E-state index in [2.05, 4.69) is 12.2 Å². The second kappa shape index (κ2) is 8.48. The van der Waals surface area contributed by atoms with E-state index < -0.39 is 10.0 Å². The highest BCUT2D eigenvalue weighted by molar-refractivity contribution is 7.88. The summed E-state index contributed by atoms with van der Waals surface area (Å²) in [6.45, 7) is 3.69. The van der Waals surface area contributed by atoms with Crippen LogP contribution in [-0.4, -0.2) is 50.6 Å². The van der Waals surface area contributed by atoms with E-state index in [0.717, 1.165) is 18.6 Å². The zero-order valence-corrected chi connectivity index (χ0v) is 15.1. The summed E-state index contributed by atoms with van der Waals surface area (Å²) in [4.78, 5) is 12.3. The summed E-state index contributed by atoms with van der Waals surface area (Å²) in [6.07, 6.45) is 4.58. The molecule has 134 valence electrons. The van der Waals surface area contributed by atoms with E-state index in [1.807, 2.05) is 0 Å². The fraction of sp³-hybridized carbons (Fsp3) is 0.588. The van der Waals surface area contributed by atoms with E-state index in [-0.39, 0.29) is 11.9 Å². The van der Waals surface area contributed by atoms with Gasteiger partial charge >= 0.3 is 0 Å². The van der Waals surface area contributed by atoms with Gasteiger partial charge in [-0.05, 0) is 43.5 Å². The van der Waals surface area contributed by atoms with Gasteiger partial charge in [0.1, 0.15) is 5.75 Å². The molecular formula is C17H26N2O4S. The molecular weight excluding hydrogens is 328 g/mol. The van der Waals surface area contributed by atoms with Gasteiger partial charge in [0.25, 0.3) is 5.91 Å². The fourth-order valence-electron chi connectivity index (χ4n) is 2.64. The van der Waals surface area contributed by atoms with Crippen LogP contribution < -0.4 is 10.1 Å². The number of nitrogens with zero attached hydrogens (tertiary/aromatic N) is 1. The molecule has 1 fully saturated rings. The second-order valence-electron chi connectivity index (χ2n) is 6.14. The first-order valence-corrected chi connectivity index (χ1v) is 10.2. The molecule has 0 aliphatic carbocycles. The van der Waals surface area contributed by atoms with Gasteiger partial charge in [0, 0.05) is 24.7 Å². The molecule has 1 aliphatic heterocycles. The molecule has 24 heavy (non-hydrogen) atoms. The average molecular weight is 354 g/mol. The first kappa shape index (κ1) is 18.7. The smallest absolute Gasteiger partial charge is 0.251 e. The number of carbonyl (C=O) groups excluding carboxylic acids is 1. The largest absolute Gasteiger partial charge is 0.494 e. The lowest BCUT2D eigenvalue weighted by atomic mass is 10.1. The monoisotopic (exact) mass is 354 g/mol. The van der Waals surface area contributed by atoms with Gasteiger partial charge in [-0.25, -0.2) is 12.7 Å². The Labute approximate surface area is 144 Å². The van der Waals surface area contributed by atoms with E-state index in [1.165, 1.54) is 10.6 Å². The maximum atomic E-state index is 12.3. The van der Waals surface area contributed by atoms with Crippen molar-refractivity contribution in [2.45, 2.75) is 38.6 Å². The third-order valence-corrected chi connectivity index (χ3v) is 5.44. The zero-order valence-electron chi connectivity index (χ0n) is 14.3. The maximum Gasteiger partial charge on any atom is 0.251 e. The van der Waals surface area contributed by atoms with Gasteiger partial charge in [-0.2, -0.15) is 0 Å². The van der Waals surface area contributed by atoms with Crippen LogP contribution in [0, 0.1) is 0 Å². The number of rotatable bonds is 7. The molecule has 1 amide bonds. The van der Waals surface area contributed by atoms with Crippen molar-refractivity contribution in [3.05, 3.63) is 29.8 Å². The van der Waals surface area contributed by atoms with Crippen molar-refractivity contribution in [1.29, 1.82) is 0 Å². The molecule has 1 N–H and O–H groups in total. The van der Waals surface area contributed by atoms with Crippen LogP contribution in [0.25, 0.3) is 0 Å². The Morgan fingerprint density at radius 1 is 1.25 bits per heavy atom. The predicted octanol–water partition coefficient (Wildman–Crippen LogP) is 2.02. The van der Waals surface area contributed by atoms with Crippen molar-refractivity contribution in [2.75, 3.05) is 26.0 Å². The Balaban J connectivity index is 1.82. The van der Waals surface area contributed by atoms with Crippen LogP contribution in [0.3, 0.4) is 0 Å². The molecule has 0 spiro atoms. The molecule has 1 aromatic rings. The van der Waals surface area contributed by atoms with Gasteiger partial charge in [-0.3, -0.25) is 4.79 Å². The van der Waals surface area contributed by atoms with Crippen LogP contribution in [0.2, 0.25) is 0 Å². The van der Waals surface area contributed by atoms with Gasteiger partial charge in [0.15, 0.2) is 0 Å². The third kappa shape index (κ3) is 5.49. The Bertz CT molecular complexity index is 635. The topological polar surface area (TPSA) is 75.7 Å². The van der Waals surface area contributed by atoms with E-state index in [9.17, 15) is 13.2 Å². The summed E-state index contributed by atoms with van der Waals surface area (Å²) < 4.78 is 30.0. The molecule has 0 radical (unpaired) electrons. The molecule has 1 heterocycles. The number of amides is 1. The summed E-state index contributed by atoms with van der Waals surface area (Å²) in [5.41, 5.74) is 0.586. The van der Waals surface area contributed by atoms with Gasteiger partial charge in [-0.1, -0.05) is 13.3 Å². The van der Waals surface area contributed by atoms with Crippen LogP contribution in [-0.2, 0) is 10.0 Å². The highest BCUT2D eigenvalue weighted by Crippen LogP contribution is 2.16. The van der Waals surface area contributed by atoms with E-state index in [0.29, 0.717) is 38.1 Å². The second-order valence-corrected chi connectivity index (χ2v) is 8.12. The number of unbranched alkanes of at least 4 members (excludes halogenated alkanes) is 1. The first-order chi connectivity index (χ1) is 11.4. The standard InChI is InChI=1S/C17H26N2O4S/c1-3-4-13-23-16-7-5-14(6-8-16)17(20)18-15-9-11-19(12-10-15)24(2,21)22/h5-8,15H,3-4,9-13H2,1-2H3,(H,18,20). The molecule has 0 saturated carbocycles. The Kier molecular flexibility index (Phi) is 6.62. The summed E-state index contributed by atoms with van der Waals surface area (Å²) in [5, 5.41) is 2.98. The van der Waals surface area contributed by atoms with Crippen LogP contribution in [0.1, 0.15) is 43.0 Å². The van der Waals surface area contributed by atoms with E-state index in [1.54, 1.807) is 24.3 Å². The van der Waals surface area contributed by atoms with Crippen molar-refractivity contribution in [1.82, 2.24) is 9.62 Å². The summed E-state index contributed by atoms with van der Waals surface area (Å²) >= 11 is 0. The van der Waals surface area contributed by atoms with Crippen molar-refractivity contribution in [2.24, 2.45) is 0 Å². The molecule has 1 aromatic carbocycles. The van der Waals surface area contributed by atoms with Gasteiger partial charge in [0.05, 0.1) is 12.9 Å². The van der Waals surface area contributed by atoms with Crippen LogP contribution >= 0.6 is 0 Å². The Morgan fingerprint density at radius 2 is 1.88 bits per heavy atom. The number of piperidine rings is 1. The molecule has 0 unspecified atom stereocenters. The Hall–Kier alpha value is -1.60. The molecule has 0 bridgehead atoms. The number of nitrogens with one attached hydrogen (secondary N) is 1.